The van der Waals surface area contributed by atoms with Gasteiger partial charge in [-0.3, -0.25) is 0 Å². The number of alkyl halides is 1. The number of hydrogen-bond acceptors (Lipinski definition) is 1. The van der Waals surface area contributed by atoms with Crippen LogP contribution in [0.25, 0.3) is 0 Å². The highest BCUT2D eigenvalue weighted by atomic mass is 35.5. The van der Waals surface area contributed by atoms with Gasteiger partial charge in [0.15, 0.2) is 0 Å². The third kappa shape index (κ3) is 4.11. The van der Waals surface area contributed by atoms with E-state index in [2.05, 4.69) is 16.8 Å². The molecule has 0 saturated carbocycles. The van der Waals surface area contributed by atoms with Crippen molar-refractivity contribution < 1.29 is 0 Å². The summed E-state index contributed by atoms with van der Waals surface area (Å²) in [4.78, 5) is 4.14. The molecule has 1 heterocycles. The van der Waals surface area contributed by atoms with Crippen LogP contribution in [0.2, 0.25) is 0 Å². The molecule has 0 spiro atoms. The molecule has 1 nitrogen and oxygen atoms in total. The highest BCUT2D eigenvalue weighted by molar-refractivity contribution is 6.17. The summed E-state index contributed by atoms with van der Waals surface area (Å²) in [5, 5.41) is 0. The van der Waals surface area contributed by atoms with Gasteiger partial charge in [0.05, 0.1) is 0 Å². The summed E-state index contributed by atoms with van der Waals surface area (Å²) in [7, 11) is 0. The molecule has 0 aliphatic carbocycles. The second kappa shape index (κ2) is 6.96. The summed E-state index contributed by atoms with van der Waals surface area (Å²) < 4.78 is 0. The molecule has 0 amide bonds. The Morgan fingerprint density at radius 1 is 1.06 bits per heavy atom. The lowest BCUT2D eigenvalue weighted by molar-refractivity contribution is 1.29. The normalized spacial score (nSPS) is 8.76. The quantitative estimate of drug-likeness (QED) is 0.566. The smallest absolute Gasteiger partial charge is 0.113 e. The maximum Gasteiger partial charge on any atom is 0.113 e. The number of halogens is 2. The highest BCUT2D eigenvalue weighted by Gasteiger charge is 1.91. The van der Waals surface area contributed by atoms with Crippen LogP contribution < -0.4 is 0 Å². The minimum Gasteiger partial charge on any atom is -0.248 e. The van der Waals surface area contributed by atoms with Gasteiger partial charge in [-0.1, -0.05) is 24.1 Å². The van der Waals surface area contributed by atoms with Gasteiger partial charge >= 0.3 is 0 Å². The number of rotatable bonds is 1. The summed E-state index contributed by atoms with van der Waals surface area (Å²) in [6.45, 7) is 0. The topological polar surface area (TPSA) is 12.9 Å². The van der Waals surface area contributed by atoms with Crippen LogP contribution in [-0.2, 0) is 5.88 Å². The molecule has 1 aromatic carbocycles. The van der Waals surface area contributed by atoms with E-state index in [1.54, 1.807) is 6.20 Å². The summed E-state index contributed by atoms with van der Waals surface area (Å²) in [6, 6.07) is 13.6. The molecule has 0 N–H and O–H groups in total. The second-order valence-corrected chi connectivity index (χ2v) is 3.57. The first-order valence-electron chi connectivity index (χ1n) is 4.96. The molecular weight excluding hydrogens is 253 g/mol. The molecule has 0 saturated heterocycles. The van der Waals surface area contributed by atoms with Crippen molar-refractivity contribution in [1.29, 1.82) is 0 Å². The van der Waals surface area contributed by atoms with Gasteiger partial charge in [-0.05, 0) is 35.7 Å². The zero-order valence-electron chi connectivity index (χ0n) is 9.06. The van der Waals surface area contributed by atoms with E-state index in [0.717, 1.165) is 16.8 Å². The Kier molecular flexibility index (Phi) is 5.56. The van der Waals surface area contributed by atoms with E-state index < -0.39 is 0 Å². The third-order valence-electron chi connectivity index (χ3n) is 2.08. The van der Waals surface area contributed by atoms with Gasteiger partial charge in [-0.2, -0.15) is 0 Å². The van der Waals surface area contributed by atoms with Crippen LogP contribution in [0.5, 0.6) is 0 Å². The van der Waals surface area contributed by atoms with Crippen molar-refractivity contribution >= 4 is 24.0 Å². The molecule has 0 atom stereocenters. The van der Waals surface area contributed by atoms with Crippen LogP contribution >= 0.6 is 24.0 Å². The van der Waals surface area contributed by atoms with Crippen molar-refractivity contribution in [3.05, 3.63) is 65.5 Å². The summed E-state index contributed by atoms with van der Waals surface area (Å²) >= 11 is 5.76. The average Bonchev–Trinajstić information content (AvgIpc) is 2.38. The number of aromatic nitrogens is 1. The van der Waals surface area contributed by atoms with E-state index >= 15 is 0 Å². The molecule has 1 aromatic heterocycles. The SMILES string of the molecule is Cl.ClCc1cccc(C#Cc2ccccn2)c1. The van der Waals surface area contributed by atoms with Gasteiger partial charge in [0.25, 0.3) is 0 Å². The van der Waals surface area contributed by atoms with Crippen molar-refractivity contribution in [2.24, 2.45) is 0 Å². The first-order chi connectivity index (χ1) is 7.88. The number of pyridine rings is 1. The maximum atomic E-state index is 5.76. The predicted octanol–water partition coefficient (Wildman–Crippen LogP) is 3.64. The Bertz CT molecular complexity index is 527. The molecule has 0 radical (unpaired) electrons. The van der Waals surface area contributed by atoms with Crippen LogP contribution in [0, 0.1) is 11.8 Å². The number of benzene rings is 1. The molecular formula is C14H11Cl2N. The molecule has 86 valence electrons. The standard InChI is InChI=1S/C14H10ClN.ClH/c15-11-13-5-3-4-12(10-13)7-8-14-6-1-2-9-16-14;/h1-6,9-10H,11H2;1H. The van der Waals surface area contributed by atoms with Gasteiger partial charge in [-0.25, -0.2) is 4.98 Å². The van der Waals surface area contributed by atoms with E-state index in [4.69, 9.17) is 11.6 Å². The lowest BCUT2D eigenvalue weighted by Gasteiger charge is -1.94. The Morgan fingerprint density at radius 3 is 2.65 bits per heavy atom. The van der Waals surface area contributed by atoms with Crippen LogP contribution in [0.15, 0.2) is 48.7 Å². The molecule has 0 fully saturated rings. The maximum absolute atomic E-state index is 5.76. The van der Waals surface area contributed by atoms with Gasteiger partial charge in [0, 0.05) is 17.6 Å². The van der Waals surface area contributed by atoms with Crippen LogP contribution in [-0.4, -0.2) is 4.98 Å². The molecule has 0 aliphatic rings. The summed E-state index contributed by atoms with van der Waals surface area (Å²) in [6.07, 6.45) is 1.74. The van der Waals surface area contributed by atoms with Crippen molar-refractivity contribution in [2.45, 2.75) is 5.88 Å². The van der Waals surface area contributed by atoms with Crippen molar-refractivity contribution in [3.63, 3.8) is 0 Å². The van der Waals surface area contributed by atoms with Crippen molar-refractivity contribution in [2.75, 3.05) is 0 Å². The van der Waals surface area contributed by atoms with Crippen LogP contribution in [0.3, 0.4) is 0 Å². The minimum absolute atomic E-state index is 0. The monoisotopic (exact) mass is 263 g/mol. The van der Waals surface area contributed by atoms with Crippen LogP contribution in [0.4, 0.5) is 0 Å². The third-order valence-corrected chi connectivity index (χ3v) is 2.39. The summed E-state index contributed by atoms with van der Waals surface area (Å²) in [5.74, 6) is 6.59. The van der Waals surface area contributed by atoms with Gasteiger partial charge < -0.3 is 0 Å². The Balaban J connectivity index is 0.00000144. The molecule has 0 unspecified atom stereocenters. The van der Waals surface area contributed by atoms with Gasteiger partial charge in [0.2, 0.25) is 0 Å². The molecule has 0 aliphatic heterocycles. The van der Waals surface area contributed by atoms with E-state index in [-0.39, 0.29) is 12.4 Å². The predicted molar refractivity (Wildman–Crippen MR) is 73.5 cm³/mol. The largest absolute Gasteiger partial charge is 0.248 e. The number of hydrogen-bond donors (Lipinski definition) is 0. The summed E-state index contributed by atoms with van der Waals surface area (Å²) in [5.41, 5.74) is 2.82. The van der Waals surface area contributed by atoms with Gasteiger partial charge in [0.1, 0.15) is 5.69 Å². The van der Waals surface area contributed by atoms with Crippen molar-refractivity contribution in [3.8, 4) is 11.8 Å². The molecule has 3 heteroatoms. The molecule has 17 heavy (non-hydrogen) atoms. The number of nitrogens with zero attached hydrogens (tertiary/aromatic N) is 1. The lowest BCUT2D eigenvalue weighted by Crippen LogP contribution is -1.81. The molecule has 0 bridgehead atoms. The fourth-order valence-electron chi connectivity index (χ4n) is 1.31. The van der Waals surface area contributed by atoms with Crippen LogP contribution in [0.1, 0.15) is 16.8 Å². The fraction of sp³-hybridized carbons (Fsp3) is 0.0714. The fourth-order valence-corrected chi connectivity index (χ4v) is 1.47. The minimum atomic E-state index is 0. The first-order valence-corrected chi connectivity index (χ1v) is 5.50. The van der Waals surface area contributed by atoms with E-state index in [1.165, 1.54) is 0 Å². The zero-order chi connectivity index (χ0) is 11.2. The Labute approximate surface area is 112 Å². The van der Waals surface area contributed by atoms with E-state index in [9.17, 15) is 0 Å². The van der Waals surface area contributed by atoms with Crippen molar-refractivity contribution in [1.82, 2.24) is 4.98 Å². The highest BCUT2D eigenvalue weighted by Crippen LogP contribution is 2.06. The first kappa shape index (κ1) is 13.6. The van der Waals surface area contributed by atoms with E-state index in [0.29, 0.717) is 5.88 Å². The van der Waals surface area contributed by atoms with E-state index in [1.807, 2.05) is 42.5 Å². The Morgan fingerprint density at radius 2 is 1.94 bits per heavy atom. The zero-order valence-corrected chi connectivity index (χ0v) is 10.6. The average molecular weight is 264 g/mol. The molecule has 2 aromatic rings. The second-order valence-electron chi connectivity index (χ2n) is 3.30. The molecule has 2 rings (SSSR count). The Hall–Kier alpha value is -1.49. The lowest BCUT2D eigenvalue weighted by atomic mass is 10.1. The van der Waals surface area contributed by atoms with Gasteiger partial charge in [-0.15, -0.1) is 24.0 Å².